The number of phenols is 1. The van der Waals surface area contributed by atoms with Crippen LogP contribution in [0, 0.1) is 0 Å². The van der Waals surface area contributed by atoms with Crippen molar-refractivity contribution in [1.82, 2.24) is 0 Å². The van der Waals surface area contributed by atoms with Crippen LogP contribution in [0.3, 0.4) is 0 Å². The van der Waals surface area contributed by atoms with Crippen molar-refractivity contribution in [3.63, 3.8) is 0 Å². The summed E-state index contributed by atoms with van der Waals surface area (Å²) in [6, 6.07) is 7.34. The summed E-state index contributed by atoms with van der Waals surface area (Å²) in [7, 11) is 0. The smallest absolute Gasteiger partial charge is 0.115 e. The molecule has 80 valence electrons. The second-order valence-corrected chi connectivity index (χ2v) is 3.56. The zero-order valence-corrected chi connectivity index (χ0v) is 9.02. The molecule has 15 heavy (non-hydrogen) atoms. The topological polar surface area (TPSA) is 20.2 Å². The second-order valence-electron chi connectivity index (χ2n) is 3.56. The minimum atomic E-state index is 0.328. The maximum Gasteiger partial charge on any atom is 0.115 e. The third-order valence-electron chi connectivity index (χ3n) is 2.24. The highest BCUT2D eigenvalue weighted by molar-refractivity contribution is 5.27. The number of aromatic hydroxyl groups is 1. The minimum Gasteiger partial charge on any atom is -0.508 e. The normalized spacial score (nSPS) is 10.7. The fourth-order valence-electron chi connectivity index (χ4n) is 1.35. The molecular weight excluding hydrogens is 184 g/mol. The number of rotatable bonds is 6. The van der Waals surface area contributed by atoms with Crippen molar-refractivity contribution in [3.8, 4) is 5.75 Å². The Morgan fingerprint density at radius 2 is 1.80 bits per heavy atom. The molecular formula is C14H18O. The lowest BCUT2D eigenvalue weighted by atomic mass is 10.1. The highest BCUT2D eigenvalue weighted by Crippen LogP contribution is 2.10. The lowest BCUT2D eigenvalue weighted by Crippen LogP contribution is -1.79. The van der Waals surface area contributed by atoms with Gasteiger partial charge in [-0.25, -0.2) is 0 Å². The zero-order valence-electron chi connectivity index (χ0n) is 9.02. The molecule has 0 radical (unpaired) electrons. The van der Waals surface area contributed by atoms with Crippen LogP contribution in [0.1, 0.15) is 24.8 Å². The first-order valence-electron chi connectivity index (χ1n) is 5.36. The van der Waals surface area contributed by atoms with Crippen molar-refractivity contribution in [2.75, 3.05) is 0 Å². The van der Waals surface area contributed by atoms with E-state index < -0.39 is 0 Å². The van der Waals surface area contributed by atoms with Crippen molar-refractivity contribution in [1.29, 1.82) is 0 Å². The van der Waals surface area contributed by atoms with Crippen LogP contribution in [0.2, 0.25) is 0 Å². The van der Waals surface area contributed by atoms with E-state index in [4.69, 9.17) is 5.11 Å². The monoisotopic (exact) mass is 202 g/mol. The summed E-state index contributed by atoms with van der Waals surface area (Å²) in [6.45, 7) is 3.69. The highest BCUT2D eigenvalue weighted by atomic mass is 16.3. The van der Waals surface area contributed by atoms with Crippen molar-refractivity contribution in [2.24, 2.45) is 0 Å². The molecule has 0 aromatic heterocycles. The Hall–Kier alpha value is -1.50. The lowest BCUT2D eigenvalue weighted by Gasteiger charge is -1.96. The summed E-state index contributed by atoms with van der Waals surface area (Å²) in [5.41, 5.74) is 1.23. The fourth-order valence-corrected chi connectivity index (χ4v) is 1.35. The lowest BCUT2D eigenvalue weighted by molar-refractivity contribution is 0.475. The first-order valence-corrected chi connectivity index (χ1v) is 5.36. The van der Waals surface area contributed by atoms with Gasteiger partial charge in [0.1, 0.15) is 5.75 Å². The Bertz CT molecular complexity index is 309. The molecule has 0 bridgehead atoms. The summed E-state index contributed by atoms with van der Waals surface area (Å²) >= 11 is 0. The van der Waals surface area contributed by atoms with E-state index in [1.165, 1.54) is 12.0 Å². The van der Waals surface area contributed by atoms with Gasteiger partial charge in [0.15, 0.2) is 0 Å². The molecule has 1 nitrogen and oxygen atoms in total. The van der Waals surface area contributed by atoms with Crippen LogP contribution in [0.4, 0.5) is 0 Å². The Balaban J connectivity index is 2.24. The zero-order chi connectivity index (χ0) is 10.9. The molecule has 0 atom stereocenters. The van der Waals surface area contributed by atoms with E-state index in [1.807, 2.05) is 18.2 Å². The van der Waals surface area contributed by atoms with Crippen LogP contribution >= 0.6 is 0 Å². The summed E-state index contributed by atoms with van der Waals surface area (Å²) < 4.78 is 0. The van der Waals surface area contributed by atoms with E-state index >= 15 is 0 Å². The van der Waals surface area contributed by atoms with Gasteiger partial charge in [0, 0.05) is 0 Å². The molecule has 0 fully saturated rings. The predicted molar refractivity (Wildman–Crippen MR) is 65.0 cm³/mol. The molecule has 0 aliphatic carbocycles. The van der Waals surface area contributed by atoms with Gasteiger partial charge >= 0.3 is 0 Å². The Morgan fingerprint density at radius 1 is 1.07 bits per heavy atom. The van der Waals surface area contributed by atoms with Gasteiger partial charge in [-0.1, -0.05) is 30.4 Å². The summed E-state index contributed by atoms with van der Waals surface area (Å²) in [6.07, 6.45) is 10.7. The van der Waals surface area contributed by atoms with E-state index in [0.29, 0.717) is 5.75 Å². The number of hydrogen-bond acceptors (Lipinski definition) is 1. The quantitative estimate of drug-likeness (QED) is 0.548. The van der Waals surface area contributed by atoms with E-state index in [2.05, 4.69) is 18.7 Å². The number of benzene rings is 1. The van der Waals surface area contributed by atoms with Crippen LogP contribution in [-0.4, -0.2) is 5.11 Å². The van der Waals surface area contributed by atoms with E-state index in [0.717, 1.165) is 19.3 Å². The van der Waals surface area contributed by atoms with Gasteiger partial charge in [-0.2, -0.15) is 0 Å². The standard InChI is InChI=1S/C14H18O/c1-2-3-4-5-6-7-8-13-9-11-14(15)12-10-13/h2,6-7,9-12,15H,1,3-5,8H2/b7-6-. The Morgan fingerprint density at radius 3 is 2.47 bits per heavy atom. The molecule has 0 unspecified atom stereocenters. The SMILES string of the molecule is C=CCCC/C=C\Cc1ccc(O)cc1. The van der Waals surface area contributed by atoms with Crippen molar-refractivity contribution < 1.29 is 5.11 Å². The van der Waals surface area contributed by atoms with Gasteiger partial charge in [-0.3, -0.25) is 0 Å². The van der Waals surface area contributed by atoms with Crippen LogP contribution in [0.15, 0.2) is 49.1 Å². The highest BCUT2D eigenvalue weighted by Gasteiger charge is 1.89. The number of allylic oxidation sites excluding steroid dienone is 3. The van der Waals surface area contributed by atoms with Crippen LogP contribution in [0.5, 0.6) is 5.75 Å². The minimum absolute atomic E-state index is 0.328. The van der Waals surface area contributed by atoms with Gasteiger partial charge in [0.05, 0.1) is 0 Å². The third-order valence-corrected chi connectivity index (χ3v) is 2.24. The molecule has 1 N–H and O–H groups in total. The molecule has 1 rings (SSSR count). The fraction of sp³-hybridized carbons (Fsp3) is 0.286. The third kappa shape index (κ3) is 5.06. The first kappa shape index (κ1) is 11.6. The van der Waals surface area contributed by atoms with Gasteiger partial charge in [-0.15, -0.1) is 6.58 Å². The van der Waals surface area contributed by atoms with E-state index in [-0.39, 0.29) is 0 Å². The summed E-state index contributed by atoms with van der Waals surface area (Å²) in [4.78, 5) is 0. The molecule has 0 saturated carbocycles. The van der Waals surface area contributed by atoms with Gasteiger partial charge in [0.25, 0.3) is 0 Å². The van der Waals surface area contributed by atoms with Gasteiger partial charge in [-0.05, 0) is 43.4 Å². The van der Waals surface area contributed by atoms with Gasteiger partial charge in [0.2, 0.25) is 0 Å². The molecule has 1 heteroatoms. The van der Waals surface area contributed by atoms with Crippen molar-refractivity contribution in [3.05, 3.63) is 54.6 Å². The molecule has 0 heterocycles. The molecule has 0 aliphatic heterocycles. The Labute approximate surface area is 91.8 Å². The first-order chi connectivity index (χ1) is 7.33. The van der Waals surface area contributed by atoms with Crippen molar-refractivity contribution >= 4 is 0 Å². The van der Waals surface area contributed by atoms with Gasteiger partial charge < -0.3 is 5.11 Å². The van der Waals surface area contributed by atoms with E-state index in [1.54, 1.807) is 12.1 Å². The van der Waals surface area contributed by atoms with Crippen molar-refractivity contribution in [2.45, 2.75) is 25.7 Å². The maximum atomic E-state index is 9.10. The molecule has 0 aliphatic rings. The molecule has 0 saturated heterocycles. The summed E-state index contributed by atoms with van der Waals surface area (Å²) in [5, 5.41) is 9.10. The molecule has 0 spiro atoms. The summed E-state index contributed by atoms with van der Waals surface area (Å²) in [5.74, 6) is 0.328. The average molecular weight is 202 g/mol. The van der Waals surface area contributed by atoms with Crippen LogP contribution < -0.4 is 0 Å². The van der Waals surface area contributed by atoms with Crippen LogP contribution in [-0.2, 0) is 6.42 Å². The largest absolute Gasteiger partial charge is 0.508 e. The van der Waals surface area contributed by atoms with Crippen LogP contribution in [0.25, 0.3) is 0 Å². The maximum absolute atomic E-state index is 9.10. The number of unbranched alkanes of at least 4 members (excludes halogenated alkanes) is 2. The predicted octanol–water partition coefficient (Wildman–Crippen LogP) is 3.85. The molecule has 1 aromatic rings. The second kappa shape index (κ2) is 6.88. The number of phenolic OH excluding ortho intramolecular Hbond substituents is 1. The molecule has 1 aromatic carbocycles. The van der Waals surface area contributed by atoms with E-state index in [9.17, 15) is 0 Å². The average Bonchev–Trinajstić information content (AvgIpc) is 2.26. The molecule has 0 amide bonds. The number of hydrogen-bond donors (Lipinski definition) is 1. The Kier molecular flexibility index (Phi) is 5.31.